The number of carbonyl (C=O) groups is 2. The Balaban J connectivity index is 1.39. The third-order valence-electron chi connectivity index (χ3n) is 5.40. The predicted molar refractivity (Wildman–Crippen MR) is 125 cm³/mol. The first kappa shape index (κ1) is 21.4. The van der Waals surface area contributed by atoms with E-state index in [9.17, 15) is 9.59 Å². The van der Waals surface area contributed by atoms with Crippen molar-refractivity contribution < 1.29 is 28.5 Å². The van der Waals surface area contributed by atoms with E-state index >= 15 is 0 Å². The maximum Gasteiger partial charge on any atom is 0.232 e. The summed E-state index contributed by atoms with van der Waals surface area (Å²) >= 11 is 3.49. The molecule has 2 aliphatic rings. The maximum absolute atomic E-state index is 13.1. The lowest BCUT2D eigenvalue weighted by atomic mass is 10.0. The molecule has 2 aliphatic heterocycles. The number of carbonyl (C=O) groups excluding carboxylic acids is 2. The van der Waals surface area contributed by atoms with Gasteiger partial charge < -0.3 is 18.9 Å². The molecule has 0 saturated carbocycles. The van der Waals surface area contributed by atoms with Crippen molar-refractivity contribution in [2.24, 2.45) is 0 Å². The van der Waals surface area contributed by atoms with Gasteiger partial charge in [-0.2, -0.15) is 0 Å². The molecule has 0 aliphatic carbocycles. The first-order valence-electron chi connectivity index (χ1n) is 10.3. The third kappa shape index (κ3) is 4.29. The fourth-order valence-corrected chi connectivity index (χ4v) is 4.40. The van der Waals surface area contributed by atoms with Crippen LogP contribution in [0.1, 0.15) is 37.4 Å². The van der Waals surface area contributed by atoms with Gasteiger partial charge in [0.2, 0.25) is 5.78 Å². The van der Waals surface area contributed by atoms with Crippen LogP contribution in [0.5, 0.6) is 17.2 Å². The van der Waals surface area contributed by atoms with Crippen molar-refractivity contribution in [3.63, 3.8) is 0 Å². The SMILES string of the molecule is Cc1cc(OCC(=O)c2ccccc2)cc2c1C(=O)/C(=C/c1cc(Br)cc3c1OCOC3)O2. The smallest absolute Gasteiger partial charge is 0.232 e. The number of halogens is 1. The maximum atomic E-state index is 13.1. The highest BCUT2D eigenvalue weighted by Gasteiger charge is 2.31. The van der Waals surface area contributed by atoms with Crippen LogP contribution < -0.4 is 14.2 Å². The van der Waals surface area contributed by atoms with Gasteiger partial charge in [0.1, 0.15) is 17.2 Å². The molecule has 33 heavy (non-hydrogen) atoms. The molecule has 3 aromatic rings. The van der Waals surface area contributed by atoms with Crippen LogP contribution in [0, 0.1) is 6.92 Å². The summed E-state index contributed by atoms with van der Waals surface area (Å²) in [7, 11) is 0. The molecule has 166 valence electrons. The molecule has 0 fully saturated rings. The predicted octanol–water partition coefficient (Wildman–Crippen LogP) is 5.50. The minimum atomic E-state index is -0.213. The van der Waals surface area contributed by atoms with Gasteiger partial charge in [-0.15, -0.1) is 0 Å². The highest BCUT2D eigenvalue weighted by Crippen LogP contribution is 2.39. The Hall–Kier alpha value is -3.42. The molecule has 0 aromatic heterocycles. The van der Waals surface area contributed by atoms with Crippen LogP contribution in [0.2, 0.25) is 0 Å². The molecule has 7 heteroatoms. The summed E-state index contributed by atoms with van der Waals surface area (Å²) in [5.74, 6) is 1.39. The van der Waals surface area contributed by atoms with Gasteiger partial charge in [-0.1, -0.05) is 46.3 Å². The Morgan fingerprint density at radius 1 is 1.15 bits per heavy atom. The van der Waals surface area contributed by atoms with Crippen molar-refractivity contribution in [2.75, 3.05) is 13.4 Å². The number of rotatable bonds is 5. The van der Waals surface area contributed by atoms with Crippen LogP contribution in [0.25, 0.3) is 6.08 Å². The zero-order chi connectivity index (χ0) is 22.9. The van der Waals surface area contributed by atoms with E-state index in [2.05, 4.69) is 15.9 Å². The Labute approximate surface area is 198 Å². The number of aryl methyl sites for hydroxylation is 1. The lowest BCUT2D eigenvalue weighted by molar-refractivity contribution is -0.0165. The van der Waals surface area contributed by atoms with Crippen molar-refractivity contribution in [1.29, 1.82) is 0 Å². The van der Waals surface area contributed by atoms with Gasteiger partial charge in [0.25, 0.3) is 0 Å². The fraction of sp³-hybridized carbons (Fsp3) is 0.154. The minimum Gasteiger partial charge on any atom is -0.485 e. The van der Waals surface area contributed by atoms with Gasteiger partial charge in [0, 0.05) is 27.2 Å². The van der Waals surface area contributed by atoms with E-state index in [0.29, 0.717) is 40.5 Å². The van der Waals surface area contributed by atoms with E-state index < -0.39 is 0 Å². The lowest BCUT2D eigenvalue weighted by Crippen LogP contribution is -2.12. The highest BCUT2D eigenvalue weighted by molar-refractivity contribution is 9.10. The van der Waals surface area contributed by atoms with E-state index in [1.165, 1.54) is 0 Å². The van der Waals surface area contributed by atoms with Crippen molar-refractivity contribution >= 4 is 33.6 Å². The summed E-state index contributed by atoms with van der Waals surface area (Å²) in [5, 5.41) is 0. The summed E-state index contributed by atoms with van der Waals surface area (Å²) in [6.45, 7) is 2.29. The third-order valence-corrected chi connectivity index (χ3v) is 5.86. The van der Waals surface area contributed by atoms with E-state index in [4.69, 9.17) is 18.9 Å². The second-order valence-electron chi connectivity index (χ2n) is 7.72. The summed E-state index contributed by atoms with van der Waals surface area (Å²) in [6.07, 6.45) is 1.68. The fourth-order valence-electron chi connectivity index (χ4n) is 3.87. The molecule has 3 aromatic carbocycles. The van der Waals surface area contributed by atoms with E-state index in [1.807, 2.05) is 25.1 Å². The first-order valence-corrected chi connectivity index (χ1v) is 11.1. The quantitative estimate of drug-likeness (QED) is 0.336. The number of fused-ring (bicyclic) bond motifs is 2. The average Bonchev–Trinajstić information content (AvgIpc) is 3.13. The molecule has 0 bridgehead atoms. The highest BCUT2D eigenvalue weighted by atomic mass is 79.9. The average molecular weight is 507 g/mol. The van der Waals surface area contributed by atoms with Crippen LogP contribution >= 0.6 is 15.9 Å². The minimum absolute atomic E-state index is 0.109. The van der Waals surface area contributed by atoms with Crippen molar-refractivity contribution in [3.05, 3.63) is 92.6 Å². The molecule has 0 spiro atoms. The van der Waals surface area contributed by atoms with Gasteiger partial charge in [0.15, 0.2) is 24.9 Å². The Bertz CT molecular complexity index is 1300. The molecule has 0 saturated heterocycles. The second kappa shape index (κ2) is 8.84. The number of allylic oxidation sites excluding steroid dienone is 1. The number of hydrogen-bond acceptors (Lipinski definition) is 6. The second-order valence-corrected chi connectivity index (χ2v) is 8.64. The summed E-state index contributed by atoms with van der Waals surface area (Å²) in [4.78, 5) is 25.4. The standard InChI is InChI=1S/C26H19BrO6/c1-15-7-20(31-13-21(28)16-5-3-2-4-6-16)11-22-24(15)25(29)23(33-22)10-17-8-19(27)9-18-12-30-14-32-26(17)18/h2-11H,12-14H2,1H3/b23-10-. The van der Waals surface area contributed by atoms with Gasteiger partial charge in [0.05, 0.1) is 12.2 Å². The van der Waals surface area contributed by atoms with Crippen LogP contribution in [-0.4, -0.2) is 25.0 Å². The number of ketones is 2. The van der Waals surface area contributed by atoms with Crippen molar-refractivity contribution in [1.82, 2.24) is 0 Å². The van der Waals surface area contributed by atoms with Gasteiger partial charge in [-0.3, -0.25) is 9.59 Å². The lowest BCUT2D eigenvalue weighted by Gasteiger charge is -2.20. The van der Waals surface area contributed by atoms with Gasteiger partial charge in [-0.25, -0.2) is 0 Å². The largest absolute Gasteiger partial charge is 0.485 e. The van der Waals surface area contributed by atoms with E-state index in [-0.39, 0.29) is 30.7 Å². The molecule has 0 unspecified atom stereocenters. The molecular formula is C26H19BrO6. The zero-order valence-electron chi connectivity index (χ0n) is 17.7. The summed E-state index contributed by atoms with van der Waals surface area (Å²) in [5.41, 5.74) is 3.39. The van der Waals surface area contributed by atoms with Crippen molar-refractivity contribution in [3.8, 4) is 17.2 Å². The van der Waals surface area contributed by atoms with Gasteiger partial charge in [-0.05, 0) is 36.8 Å². The van der Waals surface area contributed by atoms with Gasteiger partial charge >= 0.3 is 0 Å². The molecule has 0 N–H and O–H groups in total. The summed E-state index contributed by atoms with van der Waals surface area (Å²) in [6, 6.07) is 16.1. The first-order chi connectivity index (χ1) is 16.0. The van der Waals surface area contributed by atoms with Crippen LogP contribution in [0.4, 0.5) is 0 Å². The molecule has 0 amide bonds. The molecule has 2 heterocycles. The van der Waals surface area contributed by atoms with Crippen LogP contribution in [-0.2, 0) is 11.3 Å². The van der Waals surface area contributed by atoms with Crippen LogP contribution in [0.3, 0.4) is 0 Å². The number of benzene rings is 3. The molecule has 5 rings (SSSR count). The zero-order valence-corrected chi connectivity index (χ0v) is 19.3. The number of Topliss-reactive ketones (excluding diaryl/α,β-unsaturated/α-hetero) is 2. The monoisotopic (exact) mass is 506 g/mol. The molecular weight excluding hydrogens is 488 g/mol. The molecule has 0 atom stereocenters. The van der Waals surface area contributed by atoms with Crippen molar-refractivity contribution in [2.45, 2.75) is 13.5 Å². The topological polar surface area (TPSA) is 71.1 Å². The van der Waals surface area contributed by atoms with Crippen LogP contribution in [0.15, 0.2) is 64.8 Å². The number of ether oxygens (including phenoxy) is 4. The Kier molecular flexibility index (Phi) is 5.74. The van der Waals surface area contributed by atoms with E-state index in [0.717, 1.165) is 15.6 Å². The van der Waals surface area contributed by atoms with E-state index in [1.54, 1.807) is 42.5 Å². The molecule has 6 nitrogen and oxygen atoms in total. The summed E-state index contributed by atoms with van der Waals surface area (Å²) < 4.78 is 23.5. The number of hydrogen-bond donors (Lipinski definition) is 0. The molecule has 0 radical (unpaired) electrons. The Morgan fingerprint density at radius 3 is 2.79 bits per heavy atom. The Morgan fingerprint density at radius 2 is 1.97 bits per heavy atom. The normalized spacial score (nSPS) is 15.5.